The van der Waals surface area contributed by atoms with E-state index in [1.165, 1.54) is 0 Å². The highest BCUT2D eigenvalue weighted by Crippen LogP contribution is 2.15. The van der Waals surface area contributed by atoms with Crippen LogP contribution in [0.25, 0.3) is 0 Å². The lowest BCUT2D eigenvalue weighted by atomic mass is 9.95. The molecule has 0 aromatic heterocycles. The molecule has 0 aliphatic carbocycles. The van der Waals surface area contributed by atoms with E-state index in [1.807, 2.05) is 6.92 Å². The van der Waals surface area contributed by atoms with Crippen molar-refractivity contribution in [1.82, 2.24) is 4.90 Å². The van der Waals surface area contributed by atoms with Crippen LogP contribution in [0.4, 0.5) is 8.78 Å². The minimum absolute atomic E-state index is 0.0435. The molecule has 17 heavy (non-hydrogen) atoms. The average Bonchev–Trinajstić information content (AvgIpc) is 2.27. The van der Waals surface area contributed by atoms with E-state index in [0.717, 1.165) is 6.42 Å². The van der Waals surface area contributed by atoms with Gasteiger partial charge in [-0.3, -0.25) is 4.79 Å². The van der Waals surface area contributed by atoms with Gasteiger partial charge in [0.2, 0.25) is 5.91 Å². The number of hydrogen-bond acceptors (Lipinski definition) is 3. The molecule has 1 fully saturated rings. The van der Waals surface area contributed by atoms with Crippen molar-refractivity contribution in [1.29, 1.82) is 0 Å². The molecule has 1 aliphatic rings. The van der Waals surface area contributed by atoms with Gasteiger partial charge in [-0.2, -0.15) is 0 Å². The summed E-state index contributed by atoms with van der Waals surface area (Å²) in [5.41, 5.74) is 5.85. The molecule has 0 bridgehead atoms. The molecule has 2 N–H and O–H groups in total. The van der Waals surface area contributed by atoms with Crippen molar-refractivity contribution in [2.45, 2.75) is 32.2 Å². The Hall–Kier alpha value is -0.750. The summed E-state index contributed by atoms with van der Waals surface area (Å²) in [5.74, 6) is 0.243. The Morgan fingerprint density at radius 1 is 1.59 bits per heavy atom. The minimum Gasteiger partial charge on any atom is -0.375 e. The molecule has 1 amide bonds. The number of amides is 1. The summed E-state index contributed by atoms with van der Waals surface area (Å²) in [5, 5.41) is 0. The van der Waals surface area contributed by atoms with Gasteiger partial charge in [0.25, 0.3) is 6.43 Å². The van der Waals surface area contributed by atoms with Crippen molar-refractivity contribution in [3.05, 3.63) is 0 Å². The molecule has 0 saturated carbocycles. The van der Waals surface area contributed by atoms with Crippen molar-refractivity contribution in [3.8, 4) is 0 Å². The van der Waals surface area contributed by atoms with Crippen LogP contribution in [0.15, 0.2) is 0 Å². The average molecular weight is 250 g/mol. The molecule has 4 nitrogen and oxygen atoms in total. The molecule has 1 saturated heterocycles. The van der Waals surface area contributed by atoms with Crippen LogP contribution >= 0.6 is 0 Å². The Morgan fingerprint density at radius 2 is 2.29 bits per heavy atom. The van der Waals surface area contributed by atoms with E-state index in [4.69, 9.17) is 5.73 Å². The van der Waals surface area contributed by atoms with E-state index < -0.39 is 13.0 Å². The van der Waals surface area contributed by atoms with Crippen molar-refractivity contribution in [2.75, 3.05) is 26.3 Å². The number of nitrogens with two attached hydrogens (primary N) is 1. The summed E-state index contributed by atoms with van der Waals surface area (Å²) < 4.78 is 28.2. The van der Waals surface area contributed by atoms with E-state index in [9.17, 15) is 13.6 Å². The van der Waals surface area contributed by atoms with Crippen LogP contribution in [-0.2, 0) is 9.53 Å². The number of likely N-dealkylation sites (tertiary alicyclic amines) is 1. The van der Waals surface area contributed by atoms with Gasteiger partial charge in [0, 0.05) is 19.1 Å². The maximum Gasteiger partial charge on any atom is 0.261 e. The first-order valence-corrected chi connectivity index (χ1v) is 5.90. The number of piperidine rings is 1. The summed E-state index contributed by atoms with van der Waals surface area (Å²) in [7, 11) is 0. The number of carbonyl (C=O) groups is 1. The van der Waals surface area contributed by atoms with Crippen LogP contribution in [0.2, 0.25) is 0 Å². The summed E-state index contributed by atoms with van der Waals surface area (Å²) in [6.07, 6.45) is -1.52. The molecule has 1 aliphatic heterocycles. The van der Waals surface area contributed by atoms with Crippen LogP contribution in [0.1, 0.15) is 19.8 Å². The topological polar surface area (TPSA) is 55.6 Å². The molecule has 0 spiro atoms. The number of carbonyl (C=O) groups excluding carboxylic acids is 1. The Bertz CT molecular complexity index is 252. The van der Waals surface area contributed by atoms with Crippen molar-refractivity contribution in [2.24, 2.45) is 11.7 Å². The molecular weight excluding hydrogens is 230 g/mol. The summed E-state index contributed by atoms with van der Waals surface area (Å²) in [6.45, 7) is 2.76. The van der Waals surface area contributed by atoms with Crippen molar-refractivity contribution >= 4 is 5.91 Å². The van der Waals surface area contributed by atoms with Gasteiger partial charge in [-0.15, -0.1) is 0 Å². The van der Waals surface area contributed by atoms with Gasteiger partial charge in [0.15, 0.2) is 0 Å². The van der Waals surface area contributed by atoms with E-state index >= 15 is 0 Å². The van der Waals surface area contributed by atoms with Crippen molar-refractivity contribution < 1.29 is 18.3 Å². The van der Waals surface area contributed by atoms with Crippen LogP contribution < -0.4 is 5.73 Å². The highest BCUT2D eigenvalue weighted by Gasteiger charge is 2.25. The molecule has 2 atom stereocenters. The molecule has 0 aromatic carbocycles. The van der Waals surface area contributed by atoms with Gasteiger partial charge in [0.05, 0.1) is 13.0 Å². The Labute approximate surface area is 100 Å². The van der Waals surface area contributed by atoms with Gasteiger partial charge >= 0.3 is 0 Å². The second-order valence-corrected chi connectivity index (χ2v) is 4.49. The second-order valence-electron chi connectivity index (χ2n) is 4.49. The third-order valence-corrected chi connectivity index (χ3v) is 3.03. The third-order valence-electron chi connectivity index (χ3n) is 3.03. The zero-order chi connectivity index (χ0) is 12.8. The first-order valence-electron chi connectivity index (χ1n) is 5.90. The van der Waals surface area contributed by atoms with Gasteiger partial charge in [0.1, 0.15) is 6.61 Å². The van der Waals surface area contributed by atoms with E-state index in [-0.39, 0.29) is 30.9 Å². The molecule has 0 radical (unpaired) electrons. The minimum atomic E-state index is -2.47. The third kappa shape index (κ3) is 4.95. The molecule has 1 heterocycles. The fourth-order valence-corrected chi connectivity index (χ4v) is 1.88. The lowest BCUT2D eigenvalue weighted by molar-refractivity contribution is -0.134. The summed E-state index contributed by atoms with van der Waals surface area (Å²) >= 11 is 0. The normalized spacial score (nSPS) is 25.4. The first kappa shape index (κ1) is 14.3. The predicted octanol–water partition coefficient (Wildman–Crippen LogP) is 0.854. The fourth-order valence-electron chi connectivity index (χ4n) is 1.88. The SMILES string of the molecule is CC1CN(C(=O)CCOCC(F)F)CCC1N. The molecule has 6 heteroatoms. The van der Waals surface area contributed by atoms with Gasteiger partial charge < -0.3 is 15.4 Å². The van der Waals surface area contributed by atoms with Crippen LogP contribution in [0.3, 0.4) is 0 Å². The monoisotopic (exact) mass is 250 g/mol. The number of halogens is 2. The number of ether oxygens (including phenoxy) is 1. The molecule has 0 aromatic rings. The zero-order valence-corrected chi connectivity index (χ0v) is 10.1. The quantitative estimate of drug-likeness (QED) is 0.736. The highest BCUT2D eigenvalue weighted by molar-refractivity contribution is 5.76. The van der Waals surface area contributed by atoms with E-state index in [0.29, 0.717) is 13.1 Å². The van der Waals surface area contributed by atoms with Gasteiger partial charge in [-0.25, -0.2) is 8.78 Å². The van der Waals surface area contributed by atoms with Crippen molar-refractivity contribution in [3.63, 3.8) is 0 Å². The molecular formula is C11H20F2N2O2. The van der Waals surface area contributed by atoms with Gasteiger partial charge in [-0.05, 0) is 12.3 Å². The number of rotatable bonds is 5. The van der Waals surface area contributed by atoms with E-state index in [1.54, 1.807) is 4.90 Å². The fraction of sp³-hybridized carbons (Fsp3) is 0.909. The molecule has 100 valence electrons. The molecule has 1 rings (SSSR count). The maximum absolute atomic E-state index is 11.8. The predicted molar refractivity (Wildman–Crippen MR) is 59.8 cm³/mol. The van der Waals surface area contributed by atoms with Crippen LogP contribution in [-0.4, -0.2) is 49.6 Å². The lowest BCUT2D eigenvalue weighted by Crippen LogP contribution is -2.48. The summed E-state index contributed by atoms with van der Waals surface area (Å²) in [6, 6.07) is 0.147. The number of alkyl halides is 2. The standard InChI is InChI=1S/C11H20F2N2O2/c1-8-6-15(4-2-9(8)14)11(16)3-5-17-7-10(12)13/h8-10H,2-7,14H2,1H3. The maximum atomic E-state index is 11.8. The zero-order valence-electron chi connectivity index (χ0n) is 10.1. The Morgan fingerprint density at radius 3 is 2.88 bits per heavy atom. The van der Waals surface area contributed by atoms with E-state index in [2.05, 4.69) is 4.74 Å². The van der Waals surface area contributed by atoms with Crippen LogP contribution in [0.5, 0.6) is 0 Å². The number of hydrogen-bond donors (Lipinski definition) is 1. The largest absolute Gasteiger partial charge is 0.375 e. The lowest BCUT2D eigenvalue weighted by Gasteiger charge is -2.35. The second kappa shape index (κ2) is 6.86. The number of nitrogens with zero attached hydrogens (tertiary/aromatic N) is 1. The highest BCUT2D eigenvalue weighted by atomic mass is 19.3. The Balaban J connectivity index is 2.19. The first-order chi connectivity index (χ1) is 8.00. The summed E-state index contributed by atoms with van der Waals surface area (Å²) in [4.78, 5) is 13.4. The van der Waals surface area contributed by atoms with Crippen LogP contribution in [0, 0.1) is 5.92 Å². The smallest absolute Gasteiger partial charge is 0.261 e. The van der Waals surface area contributed by atoms with Gasteiger partial charge in [-0.1, -0.05) is 6.92 Å². The Kier molecular flexibility index (Phi) is 5.77. The molecule has 2 unspecified atom stereocenters.